The highest BCUT2D eigenvalue weighted by Gasteiger charge is 2.65. The Balaban J connectivity index is 1.30. The Labute approximate surface area is 343 Å². The number of rotatable bonds is 14. The number of aromatic nitrogens is 3. The minimum atomic E-state index is -5.45. The van der Waals surface area contributed by atoms with Gasteiger partial charge in [0.25, 0.3) is 5.91 Å². The van der Waals surface area contributed by atoms with Crippen molar-refractivity contribution in [3.05, 3.63) is 89.2 Å². The number of aliphatic carboxylic acids is 1. The molecule has 0 saturated heterocycles. The van der Waals surface area contributed by atoms with Crippen molar-refractivity contribution in [1.29, 1.82) is 0 Å². The summed E-state index contributed by atoms with van der Waals surface area (Å²) in [5.74, 6) is -17.0. The van der Waals surface area contributed by atoms with Gasteiger partial charge < -0.3 is 36.1 Å². The summed E-state index contributed by atoms with van der Waals surface area (Å²) in [5, 5.41) is 26.2. The van der Waals surface area contributed by atoms with Gasteiger partial charge >= 0.3 is 23.9 Å². The number of amides is 4. The fourth-order valence-corrected chi connectivity index (χ4v) is 6.70. The molecule has 0 bridgehead atoms. The lowest BCUT2D eigenvalue weighted by Gasteiger charge is -2.29. The Morgan fingerprint density at radius 3 is 2.12 bits per heavy atom. The molecule has 1 saturated carbocycles. The first-order valence-corrected chi connectivity index (χ1v) is 19.2. The zero-order chi connectivity index (χ0) is 44.0. The fourth-order valence-electron chi connectivity index (χ4n) is 6.70. The van der Waals surface area contributed by atoms with Gasteiger partial charge in [0.15, 0.2) is 5.82 Å². The number of anilines is 1. The Hall–Kier alpha value is -6.33. The van der Waals surface area contributed by atoms with Gasteiger partial charge in [0, 0.05) is 42.7 Å². The number of ether oxygens (including phenoxy) is 1. The summed E-state index contributed by atoms with van der Waals surface area (Å²) < 4.78 is 61.3. The first-order chi connectivity index (χ1) is 28.2. The molecule has 320 valence electrons. The minimum Gasteiger partial charge on any atom is -0.477 e. The van der Waals surface area contributed by atoms with Gasteiger partial charge in [0.2, 0.25) is 17.6 Å². The second kappa shape index (κ2) is 18.3. The van der Waals surface area contributed by atoms with Crippen LogP contribution in [0, 0.1) is 18.8 Å². The smallest absolute Gasteiger partial charge is 0.411 e. The van der Waals surface area contributed by atoms with E-state index in [1.807, 2.05) is 42.2 Å². The van der Waals surface area contributed by atoms with Gasteiger partial charge in [-0.3, -0.25) is 14.4 Å². The summed E-state index contributed by atoms with van der Waals surface area (Å²) >= 11 is 0. The normalized spacial score (nSPS) is 16.3. The number of nitrogens with zero attached hydrogens (tertiary/aromatic N) is 2. The van der Waals surface area contributed by atoms with Crippen molar-refractivity contribution in [3.8, 4) is 22.5 Å². The van der Waals surface area contributed by atoms with Crippen LogP contribution >= 0.6 is 0 Å². The van der Waals surface area contributed by atoms with Crippen molar-refractivity contribution >= 4 is 35.5 Å². The number of hydrogen-bond donors (Lipinski definition) is 6. The van der Waals surface area contributed by atoms with Crippen LogP contribution in [0.15, 0.2) is 66.7 Å². The highest BCUT2D eigenvalue weighted by Crippen LogP contribution is 2.42. The number of aromatic amines is 1. The third kappa shape index (κ3) is 10.8. The van der Waals surface area contributed by atoms with Crippen molar-refractivity contribution in [2.24, 2.45) is 11.8 Å². The highest BCUT2D eigenvalue weighted by molar-refractivity contribution is 5.98. The molecule has 1 aromatic heterocycles. The van der Waals surface area contributed by atoms with Crippen LogP contribution in [0.2, 0.25) is 0 Å². The van der Waals surface area contributed by atoms with Gasteiger partial charge in [-0.25, -0.2) is 9.59 Å². The lowest BCUT2D eigenvalue weighted by Crippen LogP contribution is -2.48. The Bertz CT molecular complexity index is 2200. The molecule has 0 unspecified atom stereocenters. The van der Waals surface area contributed by atoms with Crippen LogP contribution in [0.5, 0.6) is 0 Å². The molecule has 0 aliphatic heterocycles. The number of hydrogen-bond acceptors (Lipinski definition) is 8. The molecule has 1 aliphatic carbocycles. The highest BCUT2D eigenvalue weighted by atomic mass is 19.3. The number of carboxylic acids is 1. The molecule has 14 nitrogen and oxygen atoms in total. The Kier molecular flexibility index (Phi) is 13.7. The van der Waals surface area contributed by atoms with E-state index in [0.29, 0.717) is 37.8 Å². The number of alkyl halides is 4. The molecular formula is C42H47F4N7O7. The lowest BCUT2D eigenvalue weighted by molar-refractivity contribution is -0.231. The summed E-state index contributed by atoms with van der Waals surface area (Å²) in [6, 6.07) is 17.2. The summed E-state index contributed by atoms with van der Waals surface area (Å²) in [5.41, 5.74) is 3.57. The van der Waals surface area contributed by atoms with Crippen LogP contribution in [0.25, 0.3) is 22.5 Å². The first kappa shape index (κ1) is 44.8. The van der Waals surface area contributed by atoms with E-state index in [1.54, 1.807) is 40.0 Å². The van der Waals surface area contributed by atoms with Crippen molar-refractivity contribution in [2.45, 2.75) is 83.3 Å². The average Bonchev–Trinajstić information content (AvgIpc) is 3.71. The van der Waals surface area contributed by atoms with Gasteiger partial charge in [-0.15, -0.1) is 10.2 Å². The fraction of sp³-hybridized carbons (Fsp3) is 0.405. The monoisotopic (exact) mass is 837 g/mol. The van der Waals surface area contributed by atoms with Gasteiger partial charge in [0.05, 0.1) is 0 Å². The molecule has 0 spiro atoms. The van der Waals surface area contributed by atoms with Gasteiger partial charge in [0.1, 0.15) is 11.6 Å². The van der Waals surface area contributed by atoms with E-state index in [4.69, 9.17) is 9.84 Å². The van der Waals surface area contributed by atoms with E-state index in [-0.39, 0.29) is 47.1 Å². The zero-order valence-corrected chi connectivity index (χ0v) is 33.6. The molecule has 60 heavy (non-hydrogen) atoms. The van der Waals surface area contributed by atoms with Crippen LogP contribution < -0.4 is 21.3 Å². The Morgan fingerprint density at radius 2 is 1.52 bits per heavy atom. The molecule has 5 rings (SSSR count). The number of carboxylic acid groups (broad SMARTS) is 1. The van der Waals surface area contributed by atoms with E-state index in [1.165, 1.54) is 24.3 Å². The molecule has 1 atom stereocenters. The molecule has 6 N–H and O–H groups in total. The maximum Gasteiger partial charge on any atom is 0.411 e. The zero-order valence-electron chi connectivity index (χ0n) is 33.6. The number of alkyl carbamates (subject to hydrolysis) is 1. The molecule has 3 aromatic carbocycles. The van der Waals surface area contributed by atoms with Crippen LogP contribution in [0.3, 0.4) is 0 Å². The standard InChI is InChI=1S/C42H47F4N7O7/c1-23-6-11-29(34(54)47-5)21-31(23)26-12-7-24(8-13-26)20-32(50-35(55)28-14-9-25(10-15-28)22-48-39(59)60-40(2,3)4)36(56)49-30-18-16-27(17-19-30)33-51-37(53-52-33)41(43,44)42(45,46)38(57)58/h6-8,11-13,16-19,21,25,28,32H,9-10,14-15,20,22H2,1-5H3,(H,47,54)(H,48,59)(H,49,56)(H,50,55)(H,57,58)(H,51,52,53)/t25?,28?,32-/m0/s1. The average molecular weight is 838 g/mol. The van der Waals surface area contributed by atoms with Crippen LogP contribution in [-0.2, 0) is 31.5 Å². The topological polar surface area (TPSA) is 204 Å². The molecule has 4 amide bonds. The molecule has 1 fully saturated rings. The van der Waals surface area contributed by atoms with E-state index < -0.39 is 47.3 Å². The predicted molar refractivity (Wildman–Crippen MR) is 212 cm³/mol. The van der Waals surface area contributed by atoms with E-state index >= 15 is 0 Å². The third-order valence-electron chi connectivity index (χ3n) is 10.1. The van der Waals surface area contributed by atoms with E-state index in [0.717, 1.165) is 22.3 Å². The summed E-state index contributed by atoms with van der Waals surface area (Å²) in [7, 11) is 1.55. The predicted octanol–water partition coefficient (Wildman–Crippen LogP) is 6.62. The minimum absolute atomic E-state index is 0.0956. The van der Waals surface area contributed by atoms with Crippen molar-refractivity contribution in [2.75, 3.05) is 18.9 Å². The number of carbonyl (C=O) groups is 5. The second-order valence-corrected chi connectivity index (χ2v) is 15.7. The molecular weight excluding hydrogens is 790 g/mol. The summed E-state index contributed by atoms with van der Waals surface area (Å²) in [6.45, 7) is 7.66. The summed E-state index contributed by atoms with van der Waals surface area (Å²) in [6.07, 6.45) is 2.00. The quantitative estimate of drug-likeness (QED) is 0.0755. The van der Waals surface area contributed by atoms with Crippen molar-refractivity contribution in [1.82, 2.24) is 31.1 Å². The molecule has 0 radical (unpaired) electrons. The Morgan fingerprint density at radius 1 is 0.883 bits per heavy atom. The molecule has 18 heteroatoms. The van der Waals surface area contributed by atoms with Crippen LogP contribution in [-0.4, -0.2) is 81.2 Å². The largest absolute Gasteiger partial charge is 0.477 e. The number of H-pyrrole nitrogens is 1. The maximum absolute atomic E-state index is 14.3. The van der Waals surface area contributed by atoms with Gasteiger partial charge in [-0.1, -0.05) is 30.3 Å². The molecule has 4 aromatic rings. The van der Waals surface area contributed by atoms with E-state index in [2.05, 4.69) is 31.5 Å². The lowest BCUT2D eigenvalue weighted by atomic mass is 9.81. The van der Waals surface area contributed by atoms with E-state index in [9.17, 15) is 41.5 Å². The molecule has 1 aliphatic rings. The first-order valence-electron chi connectivity index (χ1n) is 19.2. The SMILES string of the molecule is CNC(=O)c1ccc(C)c(-c2ccc(C[C@H](NC(=O)C3CCC(CNC(=O)OC(C)(C)C)CC3)C(=O)Nc3ccc(-c4nnc(C(F)(F)C(F)(F)C(=O)O)[nH]4)cc3)cc2)c1. The number of benzene rings is 3. The van der Waals surface area contributed by atoms with Crippen LogP contribution in [0.4, 0.5) is 28.0 Å². The van der Waals surface area contributed by atoms with Crippen molar-refractivity contribution in [3.63, 3.8) is 0 Å². The number of carbonyl (C=O) groups excluding carboxylic acids is 4. The number of aryl methyl sites for hydroxylation is 1. The van der Waals surface area contributed by atoms with Gasteiger partial charge in [-0.2, -0.15) is 17.6 Å². The second-order valence-electron chi connectivity index (χ2n) is 15.7. The van der Waals surface area contributed by atoms with Crippen molar-refractivity contribution < 1.29 is 51.4 Å². The third-order valence-corrected chi connectivity index (χ3v) is 10.1. The van der Waals surface area contributed by atoms with Gasteiger partial charge in [-0.05, 0) is 118 Å². The number of nitrogens with one attached hydrogen (secondary N) is 5. The summed E-state index contributed by atoms with van der Waals surface area (Å²) in [4.78, 5) is 64.7. The number of halogens is 4. The molecule has 1 heterocycles. The van der Waals surface area contributed by atoms with Crippen LogP contribution in [0.1, 0.15) is 73.8 Å². The maximum atomic E-state index is 14.3.